The monoisotopic (exact) mass is 488 g/mol. The van der Waals surface area contributed by atoms with Crippen LogP contribution in [0.3, 0.4) is 0 Å². The molecular weight excluding hydrogens is 451 g/mol. The minimum absolute atomic E-state index is 0.123. The summed E-state index contributed by atoms with van der Waals surface area (Å²) in [6.07, 6.45) is 5.49. The molecule has 9 heteroatoms. The molecule has 0 saturated carbocycles. The number of aromatic nitrogens is 2. The van der Waals surface area contributed by atoms with E-state index in [1.165, 1.54) is 0 Å². The van der Waals surface area contributed by atoms with Gasteiger partial charge in [-0.3, -0.25) is 0 Å². The number of piperazine rings is 1. The molecule has 7 nitrogen and oxygen atoms in total. The molecular formula is C25H37FN4O3Si. The summed E-state index contributed by atoms with van der Waals surface area (Å²) in [4.78, 5) is 13.2. The van der Waals surface area contributed by atoms with E-state index in [4.69, 9.17) is 13.9 Å². The summed E-state index contributed by atoms with van der Waals surface area (Å²) in [5, 5.41) is 0.156. The zero-order valence-electron chi connectivity index (χ0n) is 20.8. The molecule has 0 N–H and O–H groups in total. The Morgan fingerprint density at radius 2 is 1.71 bits per heavy atom. The highest BCUT2D eigenvalue weighted by molar-refractivity contribution is 6.53. The van der Waals surface area contributed by atoms with Crippen molar-refractivity contribution in [3.63, 3.8) is 0 Å². The van der Waals surface area contributed by atoms with Crippen LogP contribution >= 0.6 is 0 Å². The third-order valence-electron chi connectivity index (χ3n) is 6.81. The summed E-state index contributed by atoms with van der Waals surface area (Å²) in [5.74, 6) is -0.163. The van der Waals surface area contributed by atoms with Crippen molar-refractivity contribution in [3.05, 3.63) is 42.0 Å². The number of hydrogen-bond donors (Lipinski definition) is 0. The molecule has 2 aromatic rings. The van der Waals surface area contributed by atoms with Gasteiger partial charge in [0, 0.05) is 44.6 Å². The van der Waals surface area contributed by atoms with Gasteiger partial charge in [0.1, 0.15) is 6.10 Å². The van der Waals surface area contributed by atoms with E-state index in [0.29, 0.717) is 23.9 Å². The van der Waals surface area contributed by atoms with Gasteiger partial charge >= 0.3 is 6.01 Å². The lowest BCUT2D eigenvalue weighted by Crippen LogP contribution is -2.47. The molecule has 2 aliphatic heterocycles. The van der Waals surface area contributed by atoms with Crippen LogP contribution in [-0.4, -0.2) is 64.5 Å². The molecule has 2 saturated heterocycles. The largest absolute Gasteiger partial charge is 0.460 e. The van der Waals surface area contributed by atoms with Gasteiger partial charge < -0.3 is 23.7 Å². The first kappa shape index (κ1) is 24.9. The van der Waals surface area contributed by atoms with Crippen LogP contribution < -0.4 is 14.5 Å². The quantitative estimate of drug-likeness (QED) is 0.542. The highest BCUT2D eigenvalue weighted by Crippen LogP contribution is 2.30. The first-order valence-electron chi connectivity index (χ1n) is 12.3. The Labute approximate surface area is 204 Å². The number of ether oxygens (including phenoxy) is 2. The Balaban J connectivity index is 1.32. The van der Waals surface area contributed by atoms with Gasteiger partial charge in [0.05, 0.1) is 43.6 Å². The van der Waals surface area contributed by atoms with Crippen LogP contribution in [-0.2, 0) is 15.8 Å². The first-order valence-corrected chi connectivity index (χ1v) is 14.5. The van der Waals surface area contributed by atoms with Crippen molar-refractivity contribution < 1.29 is 18.3 Å². The van der Waals surface area contributed by atoms with Crippen molar-refractivity contribution in [1.82, 2.24) is 9.97 Å². The van der Waals surface area contributed by atoms with Gasteiger partial charge in [-0.05, 0) is 17.7 Å². The van der Waals surface area contributed by atoms with E-state index in [0.717, 1.165) is 57.9 Å². The molecule has 2 fully saturated rings. The minimum atomic E-state index is -1.40. The van der Waals surface area contributed by atoms with E-state index in [1.807, 2.05) is 30.6 Å². The van der Waals surface area contributed by atoms with Crippen molar-refractivity contribution >= 4 is 20.4 Å². The molecule has 0 bridgehead atoms. The van der Waals surface area contributed by atoms with Gasteiger partial charge in [0.15, 0.2) is 14.9 Å². The predicted octanol–water partition coefficient (Wildman–Crippen LogP) is 4.17. The third kappa shape index (κ3) is 6.25. The third-order valence-corrected chi connectivity index (χ3v) is 9.91. The number of hydrogen-bond acceptors (Lipinski definition) is 7. The molecule has 1 unspecified atom stereocenters. The molecule has 1 aromatic carbocycles. The molecule has 0 spiro atoms. The van der Waals surface area contributed by atoms with Gasteiger partial charge in [-0.2, -0.15) is 0 Å². The normalized spacial score (nSPS) is 18.7. The maximum atomic E-state index is 15.3. The summed E-state index contributed by atoms with van der Waals surface area (Å²) in [7, 11) is -1.40. The Morgan fingerprint density at radius 1 is 1.06 bits per heavy atom. The fourth-order valence-electron chi connectivity index (χ4n) is 4.07. The van der Waals surface area contributed by atoms with Gasteiger partial charge in [-0.1, -0.05) is 32.9 Å². The minimum Gasteiger partial charge on any atom is -0.460 e. The maximum absolute atomic E-state index is 15.3. The number of rotatable bonds is 7. The average molecular weight is 489 g/mol. The standard InChI is InChI=1S/C25H37FN4O3Si/c1-25(2,3)34(4)32-18-19-6-5-7-22(23(19)26)30-12-10-29(11-13-30)20-16-27-24(28-17-20)33-21-8-14-31-15-9-21/h5-7,16-17,21,34H,8-15,18H2,1-4H3. The fraction of sp³-hybridized carbons (Fsp3) is 0.600. The molecule has 1 atom stereocenters. The Kier molecular flexibility index (Phi) is 8.05. The first-order chi connectivity index (χ1) is 16.3. The average Bonchev–Trinajstić information content (AvgIpc) is 2.84. The maximum Gasteiger partial charge on any atom is 0.316 e. The summed E-state index contributed by atoms with van der Waals surface area (Å²) in [6.45, 7) is 13.5. The van der Waals surface area contributed by atoms with Crippen molar-refractivity contribution in [2.24, 2.45) is 0 Å². The van der Waals surface area contributed by atoms with Gasteiger partial charge in [-0.15, -0.1) is 0 Å². The molecule has 1 aromatic heterocycles. The van der Waals surface area contributed by atoms with Crippen molar-refractivity contribution in [2.75, 3.05) is 49.2 Å². The lowest BCUT2D eigenvalue weighted by Gasteiger charge is -2.37. The lowest BCUT2D eigenvalue weighted by molar-refractivity contribution is 0.0217. The SMILES string of the molecule is C[SiH](OCc1cccc(N2CCN(c3cnc(OC4CCOCC4)nc3)CC2)c1F)C(C)(C)C. The van der Waals surface area contributed by atoms with Crippen molar-refractivity contribution in [2.45, 2.75) is 57.9 Å². The van der Waals surface area contributed by atoms with Crippen LogP contribution in [0, 0.1) is 5.82 Å². The van der Waals surface area contributed by atoms with E-state index in [1.54, 1.807) is 0 Å². The summed E-state index contributed by atoms with van der Waals surface area (Å²) >= 11 is 0. The summed E-state index contributed by atoms with van der Waals surface area (Å²) in [5.41, 5.74) is 2.25. The second kappa shape index (κ2) is 11.0. The van der Waals surface area contributed by atoms with Crippen LogP contribution in [0.15, 0.2) is 30.6 Å². The van der Waals surface area contributed by atoms with Crippen molar-refractivity contribution in [1.29, 1.82) is 0 Å². The zero-order chi connectivity index (χ0) is 24.1. The summed E-state index contributed by atoms with van der Waals surface area (Å²) < 4.78 is 32.6. The van der Waals surface area contributed by atoms with Crippen LogP contribution in [0.4, 0.5) is 15.8 Å². The second-order valence-electron chi connectivity index (χ2n) is 10.2. The topological polar surface area (TPSA) is 60.0 Å². The molecule has 34 heavy (non-hydrogen) atoms. The Morgan fingerprint density at radius 3 is 2.35 bits per heavy atom. The Hall–Kier alpha value is -2.23. The number of benzene rings is 1. The molecule has 0 amide bonds. The molecule has 186 valence electrons. The highest BCUT2D eigenvalue weighted by Gasteiger charge is 2.25. The molecule has 3 heterocycles. The number of nitrogens with zero attached hydrogens (tertiary/aromatic N) is 4. The fourth-order valence-corrected chi connectivity index (χ4v) is 5.00. The number of anilines is 2. The molecule has 2 aliphatic rings. The zero-order valence-corrected chi connectivity index (χ0v) is 22.0. The van der Waals surface area contributed by atoms with E-state index in [9.17, 15) is 0 Å². The smallest absolute Gasteiger partial charge is 0.316 e. The van der Waals surface area contributed by atoms with Crippen molar-refractivity contribution in [3.8, 4) is 6.01 Å². The molecule has 4 rings (SSSR count). The van der Waals surface area contributed by atoms with E-state index >= 15 is 4.39 Å². The van der Waals surface area contributed by atoms with E-state index in [2.05, 4.69) is 47.1 Å². The van der Waals surface area contributed by atoms with Crippen LogP contribution in [0.5, 0.6) is 6.01 Å². The van der Waals surface area contributed by atoms with Crippen LogP contribution in [0.1, 0.15) is 39.2 Å². The molecule has 0 aliphatic carbocycles. The van der Waals surface area contributed by atoms with Gasteiger partial charge in [0.2, 0.25) is 0 Å². The van der Waals surface area contributed by atoms with Gasteiger partial charge in [-0.25, -0.2) is 14.4 Å². The Bertz CT molecular complexity index is 927. The van der Waals surface area contributed by atoms with Gasteiger partial charge in [0.25, 0.3) is 0 Å². The molecule has 0 radical (unpaired) electrons. The predicted molar refractivity (Wildman–Crippen MR) is 135 cm³/mol. The summed E-state index contributed by atoms with van der Waals surface area (Å²) in [6, 6.07) is 6.04. The van der Waals surface area contributed by atoms with E-state index in [-0.39, 0.29) is 17.0 Å². The highest BCUT2D eigenvalue weighted by atomic mass is 28.3. The lowest BCUT2D eigenvalue weighted by atomic mass is 10.1. The second-order valence-corrected chi connectivity index (χ2v) is 13.5. The van der Waals surface area contributed by atoms with Crippen LogP contribution in [0.2, 0.25) is 11.6 Å². The van der Waals surface area contributed by atoms with Crippen LogP contribution in [0.25, 0.3) is 0 Å². The number of halogens is 1. The van der Waals surface area contributed by atoms with E-state index < -0.39 is 9.04 Å².